The Kier molecular flexibility index (Phi) is 11.4. The molecule has 10 heteroatoms. The molecule has 0 spiro atoms. The van der Waals surface area contributed by atoms with Crippen molar-refractivity contribution in [1.82, 2.24) is 20.4 Å². The molecule has 1 aliphatic heterocycles. The summed E-state index contributed by atoms with van der Waals surface area (Å²) in [6, 6.07) is 15.3. The van der Waals surface area contributed by atoms with Crippen LogP contribution in [0.15, 0.2) is 53.0 Å². The van der Waals surface area contributed by atoms with Crippen molar-refractivity contribution in [2.45, 2.75) is 51.7 Å². The van der Waals surface area contributed by atoms with Gasteiger partial charge in [-0.05, 0) is 84.4 Å². The molecule has 41 heavy (non-hydrogen) atoms. The van der Waals surface area contributed by atoms with Crippen molar-refractivity contribution in [3.05, 3.63) is 58.6 Å². The highest BCUT2D eigenvalue weighted by Crippen LogP contribution is 2.31. The van der Waals surface area contributed by atoms with E-state index in [0.717, 1.165) is 59.3 Å². The molecule has 8 nitrogen and oxygen atoms in total. The second-order valence-corrected chi connectivity index (χ2v) is 13.2. The van der Waals surface area contributed by atoms with E-state index in [-0.39, 0.29) is 17.9 Å². The SMILES string of the molecule is CC(C)C[C@H](NC(=O)Oc1cc2ccccc2s1)C(=O)N[C@H]1CCN(Cc2ccc(OCCCN(C)C)c(Br)c2)C1. The molecule has 2 amide bonds. The van der Waals surface area contributed by atoms with Crippen molar-refractivity contribution in [3.63, 3.8) is 0 Å². The van der Waals surface area contributed by atoms with Crippen LogP contribution in [0.4, 0.5) is 4.79 Å². The third kappa shape index (κ3) is 9.70. The lowest BCUT2D eigenvalue weighted by Gasteiger charge is -2.22. The van der Waals surface area contributed by atoms with Crippen molar-refractivity contribution in [2.24, 2.45) is 5.92 Å². The molecule has 0 aliphatic carbocycles. The second-order valence-electron chi connectivity index (χ2n) is 11.3. The number of carbonyl (C=O) groups is 2. The van der Waals surface area contributed by atoms with Gasteiger partial charge in [-0.15, -0.1) is 0 Å². The number of ether oxygens (including phenoxy) is 2. The molecule has 1 fully saturated rings. The van der Waals surface area contributed by atoms with E-state index < -0.39 is 12.1 Å². The fraction of sp³-hybridized carbons (Fsp3) is 0.484. The first-order valence-electron chi connectivity index (χ1n) is 14.2. The van der Waals surface area contributed by atoms with E-state index in [9.17, 15) is 9.59 Å². The lowest BCUT2D eigenvalue weighted by molar-refractivity contribution is -0.124. The topological polar surface area (TPSA) is 83.1 Å². The molecule has 2 aromatic carbocycles. The third-order valence-corrected chi connectivity index (χ3v) is 8.55. The van der Waals surface area contributed by atoms with E-state index >= 15 is 0 Å². The summed E-state index contributed by atoms with van der Waals surface area (Å²) in [5.74, 6) is 0.917. The number of carbonyl (C=O) groups excluding carboxylic acids is 2. The first-order valence-corrected chi connectivity index (χ1v) is 15.8. The number of nitrogens with zero attached hydrogens (tertiary/aromatic N) is 2. The number of likely N-dealkylation sites (tertiary alicyclic amines) is 1. The maximum absolute atomic E-state index is 13.2. The molecule has 1 aliphatic rings. The smallest absolute Gasteiger partial charge is 0.414 e. The van der Waals surface area contributed by atoms with E-state index in [1.807, 2.05) is 50.2 Å². The number of hydrogen-bond donors (Lipinski definition) is 2. The predicted octanol–water partition coefficient (Wildman–Crippen LogP) is 5.89. The van der Waals surface area contributed by atoms with Crippen LogP contribution < -0.4 is 20.1 Å². The first-order chi connectivity index (χ1) is 19.7. The van der Waals surface area contributed by atoms with Crippen LogP contribution in [0.3, 0.4) is 0 Å². The average molecular weight is 646 g/mol. The fourth-order valence-electron chi connectivity index (χ4n) is 4.95. The Morgan fingerprint density at radius 2 is 1.98 bits per heavy atom. The Bertz CT molecular complexity index is 1280. The second kappa shape index (κ2) is 15.0. The Balaban J connectivity index is 1.26. The van der Waals surface area contributed by atoms with E-state index in [4.69, 9.17) is 9.47 Å². The minimum Gasteiger partial charge on any atom is -0.492 e. The molecular formula is C31H41BrN4O4S. The van der Waals surface area contributed by atoms with Crippen LogP contribution in [-0.4, -0.2) is 74.2 Å². The van der Waals surface area contributed by atoms with Crippen LogP contribution in [0.25, 0.3) is 10.1 Å². The molecular weight excluding hydrogens is 604 g/mol. The van der Waals surface area contributed by atoms with E-state index in [2.05, 4.69) is 62.6 Å². The molecule has 222 valence electrons. The van der Waals surface area contributed by atoms with Crippen molar-refractivity contribution < 1.29 is 19.1 Å². The van der Waals surface area contributed by atoms with E-state index in [1.54, 1.807) is 0 Å². The van der Waals surface area contributed by atoms with Gasteiger partial charge >= 0.3 is 6.09 Å². The summed E-state index contributed by atoms with van der Waals surface area (Å²) < 4.78 is 13.5. The number of hydrogen-bond acceptors (Lipinski definition) is 7. The molecule has 2 heterocycles. The van der Waals surface area contributed by atoms with Gasteiger partial charge in [0.1, 0.15) is 11.8 Å². The number of benzene rings is 2. The van der Waals surface area contributed by atoms with Gasteiger partial charge < -0.3 is 25.0 Å². The van der Waals surface area contributed by atoms with Crippen molar-refractivity contribution in [3.8, 4) is 10.8 Å². The molecule has 2 N–H and O–H groups in total. The molecule has 1 saturated heterocycles. The quantitative estimate of drug-likeness (QED) is 0.226. The van der Waals surface area contributed by atoms with Gasteiger partial charge in [-0.25, -0.2) is 4.79 Å². The maximum atomic E-state index is 13.2. The molecule has 3 aromatic rings. The highest BCUT2D eigenvalue weighted by Gasteiger charge is 2.29. The van der Waals surface area contributed by atoms with Crippen LogP contribution in [0.1, 0.15) is 38.7 Å². The van der Waals surface area contributed by atoms with Crippen LogP contribution >= 0.6 is 27.3 Å². The lowest BCUT2D eigenvalue weighted by atomic mass is 10.0. The summed E-state index contributed by atoms with van der Waals surface area (Å²) in [7, 11) is 4.12. The average Bonchev–Trinajstić information content (AvgIpc) is 3.52. The predicted molar refractivity (Wildman–Crippen MR) is 169 cm³/mol. The Morgan fingerprint density at radius 3 is 2.71 bits per heavy atom. The fourth-order valence-corrected chi connectivity index (χ4v) is 6.40. The van der Waals surface area contributed by atoms with Crippen molar-refractivity contribution >= 4 is 49.4 Å². The van der Waals surface area contributed by atoms with Gasteiger partial charge in [-0.3, -0.25) is 9.69 Å². The molecule has 0 radical (unpaired) electrons. The highest BCUT2D eigenvalue weighted by molar-refractivity contribution is 9.10. The molecule has 4 rings (SSSR count). The summed E-state index contributed by atoms with van der Waals surface area (Å²) in [5.41, 5.74) is 1.19. The zero-order valence-corrected chi connectivity index (χ0v) is 26.7. The number of thiophene rings is 1. The minimum atomic E-state index is -0.660. The zero-order valence-electron chi connectivity index (χ0n) is 24.3. The van der Waals surface area contributed by atoms with Crippen molar-refractivity contribution in [1.29, 1.82) is 0 Å². The number of halogens is 1. The van der Waals surface area contributed by atoms with Gasteiger partial charge in [0, 0.05) is 43.0 Å². The summed E-state index contributed by atoms with van der Waals surface area (Å²) in [6.07, 6.45) is 1.76. The van der Waals surface area contributed by atoms with Gasteiger partial charge in [0.05, 0.1) is 11.1 Å². The molecule has 0 unspecified atom stereocenters. The number of rotatable bonds is 13. The van der Waals surface area contributed by atoms with Gasteiger partial charge in [0.25, 0.3) is 0 Å². The van der Waals surface area contributed by atoms with Crippen LogP contribution in [0, 0.1) is 5.92 Å². The largest absolute Gasteiger partial charge is 0.492 e. The van der Waals surface area contributed by atoms with Crippen LogP contribution in [-0.2, 0) is 11.3 Å². The third-order valence-electron chi connectivity index (χ3n) is 6.94. The minimum absolute atomic E-state index is 0.0281. The Labute approximate surface area is 255 Å². The monoisotopic (exact) mass is 644 g/mol. The first kappa shape index (κ1) is 31.3. The highest BCUT2D eigenvalue weighted by atomic mass is 79.9. The zero-order chi connectivity index (χ0) is 29.4. The Hall–Kier alpha value is -2.66. The van der Waals surface area contributed by atoms with E-state index in [0.29, 0.717) is 18.1 Å². The Morgan fingerprint density at radius 1 is 1.17 bits per heavy atom. The summed E-state index contributed by atoms with van der Waals surface area (Å²) >= 11 is 5.06. The number of amides is 2. The van der Waals surface area contributed by atoms with Gasteiger partial charge in [-0.1, -0.05) is 49.4 Å². The maximum Gasteiger partial charge on any atom is 0.414 e. The standard InChI is InChI=1S/C31H41BrN4O4S/c1-21(2)16-26(34-31(38)40-29-18-23-8-5-6-9-28(23)41-29)30(37)33-24-12-14-36(20-24)19-22-10-11-27(25(32)17-22)39-15-7-13-35(3)4/h5-6,8-11,17-18,21,24,26H,7,12-16,19-20H2,1-4H3,(H,33,37)(H,34,38)/t24-,26-/m0/s1. The van der Waals surface area contributed by atoms with E-state index in [1.165, 1.54) is 16.9 Å². The van der Waals surface area contributed by atoms with Crippen molar-refractivity contribution in [2.75, 3.05) is 40.3 Å². The van der Waals surface area contributed by atoms with Crippen LogP contribution in [0.5, 0.6) is 10.8 Å². The van der Waals surface area contributed by atoms with Gasteiger partial charge in [0.2, 0.25) is 5.91 Å². The molecule has 2 atom stereocenters. The van der Waals surface area contributed by atoms with Gasteiger partial charge in [-0.2, -0.15) is 0 Å². The van der Waals surface area contributed by atoms with Crippen LogP contribution in [0.2, 0.25) is 0 Å². The number of nitrogens with one attached hydrogen (secondary N) is 2. The number of fused-ring (bicyclic) bond motifs is 1. The lowest BCUT2D eigenvalue weighted by Crippen LogP contribution is -2.51. The molecule has 1 aromatic heterocycles. The summed E-state index contributed by atoms with van der Waals surface area (Å²) in [5, 5.41) is 7.50. The normalized spacial score (nSPS) is 16.3. The summed E-state index contributed by atoms with van der Waals surface area (Å²) in [4.78, 5) is 30.4. The summed E-state index contributed by atoms with van der Waals surface area (Å²) in [6.45, 7) is 8.19. The van der Waals surface area contributed by atoms with Gasteiger partial charge in [0.15, 0.2) is 5.06 Å². The molecule has 0 bridgehead atoms. The molecule has 0 saturated carbocycles.